The largest absolute Gasteiger partial charge is 0.0770 e. The van der Waals surface area contributed by atoms with Gasteiger partial charge in [-0.25, -0.2) is 0 Å². The van der Waals surface area contributed by atoms with Gasteiger partial charge in [0, 0.05) is 5.92 Å². The molecule has 0 aliphatic heterocycles. The molecule has 0 aromatic rings. The minimum Gasteiger partial charge on any atom is -0.0770 e. The average Bonchev–Trinajstić information content (AvgIpc) is 2.98. The monoisotopic (exact) mass is 290 g/mol. The first-order valence-corrected chi connectivity index (χ1v) is 10.5. The molecule has 1 atom stereocenters. The van der Waals surface area contributed by atoms with Crippen LogP contribution in [0.5, 0.6) is 0 Å². The lowest BCUT2D eigenvalue weighted by Gasteiger charge is -2.41. The summed E-state index contributed by atoms with van der Waals surface area (Å²) in [5, 5.41) is 1.89. The van der Waals surface area contributed by atoms with Crippen LogP contribution in [-0.4, -0.2) is 11.3 Å². The molecular weight excluding hydrogens is 259 g/mol. The summed E-state index contributed by atoms with van der Waals surface area (Å²) in [7, 11) is 0.155. The lowest BCUT2D eigenvalue weighted by molar-refractivity contribution is 0.484. The van der Waals surface area contributed by atoms with E-state index < -0.39 is 0 Å². The summed E-state index contributed by atoms with van der Waals surface area (Å²) in [6.45, 7) is 2.38. The summed E-state index contributed by atoms with van der Waals surface area (Å²) in [6, 6.07) is 0. The fourth-order valence-electron chi connectivity index (χ4n) is 4.57. The van der Waals surface area contributed by atoms with Gasteiger partial charge in [0.2, 0.25) is 0 Å². The SMILES string of the molecule is CCC1C=CC=C1P(C1CCCCC1)C1CCCCC1. The molecule has 0 radical (unpaired) electrons. The highest BCUT2D eigenvalue weighted by Crippen LogP contribution is 2.64. The molecule has 0 heterocycles. The van der Waals surface area contributed by atoms with Crippen molar-refractivity contribution < 1.29 is 0 Å². The van der Waals surface area contributed by atoms with Crippen LogP contribution < -0.4 is 0 Å². The first kappa shape index (κ1) is 14.8. The van der Waals surface area contributed by atoms with Crippen molar-refractivity contribution in [3.63, 3.8) is 0 Å². The molecule has 0 saturated heterocycles. The molecule has 2 fully saturated rings. The van der Waals surface area contributed by atoms with Crippen molar-refractivity contribution in [2.24, 2.45) is 5.92 Å². The summed E-state index contributed by atoms with van der Waals surface area (Å²) in [5.74, 6) is 0.796. The third-order valence-corrected chi connectivity index (χ3v) is 9.35. The van der Waals surface area contributed by atoms with Crippen LogP contribution in [0.4, 0.5) is 0 Å². The van der Waals surface area contributed by atoms with E-state index in [1.807, 2.05) is 5.31 Å². The van der Waals surface area contributed by atoms with Gasteiger partial charge in [-0.15, -0.1) is 0 Å². The van der Waals surface area contributed by atoms with Gasteiger partial charge < -0.3 is 0 Å². The Morgan fingerprint density at radius 1 is 0.900 bits per heavy atom. The van der Waals surface area contributed by atoms with Crippen molar-refractivity contribution in [2.45, 2.75) is 88.9 Å². The Balaban J connectivity index is 1.78. The van der Waals surface area contributed by atoms with Crippen molar-refractivity contribution in [1.82, 2.24) is 0 Å². The summed E-state index contributed by atoms with van der Waals surface area (Å²) in [6.07, 6.45) is 23.9. The third kappa shape index (κ3) is 3.22. The molecule has 1 unspecified atom stereocenters. The molecule has 0 bridgehead atoms. The Bertz CT molecular complexity index is 338. The predicted octanol–water partition coefficient (Wildman–Crippen LogP) is 6.61. The van der Waals surface area contributed by atoms with Gasteiger partial charge in [0.05, 0.1) is 0 Å². The summed E-state index contributed by atoms with van der Waals surface area (Å²) < 4.78 is 0. The van der Waals surface area contributed by atoms with Crippen LogP contribution in [0.2, 0.25) is 0 Å². The first-order chi connectivity index (χ1) is 9.90. The maximum Gasteiger partial charge on any atom is 0.00230 e. The average molecular weight is 290 g/mol. The van der Waals surface area contributed by atoms with Gasteiger partial charge in [0.15, 0.2) is 0 Å². The van der Waals surface area contributed by atoms with E-state index in [0.717, 1.165) is 17.2 Å². The zero-order valence-corrected chi connectivity index (χ0v) is 14.1. The number of rotatable bonds is 4. The highest BCUT2D eigenvalue weighted by molar-refractivity contribution is 7.63. The van der Waals surface area contributed by atoms with Gasteiger partial charge in [-0.3, -0.25) is 0 Å². The molecule has 3 rings (SSSR count). The molecule has 112 valence electrons. The van der Waals surface area contributed by atoms with E-state index in [1.54, 1.807) is 0 Å². The lowest BCUT2D eigenvalue weighted by Crippen LogP contribution is -2.22. The van der Waals surface area contributed by atoms with Crippen molar-refractivity contribution in [3.8, 4) is 0 Å². The first-order valence-electron chi connectivity index (χ1n) is 9.07. The summed E-state index contributed by atoms with van der Waals surface area (Å²) in [5.41, 5.74) is 2.14. The van der Waals surface area contributed by atoms with E-state index in [-0.39, 0.29) is 7.92 Å². The second-order valence-electron chi connectivity index (χ2n) is 6.98. The van der Waals surface area contributed by atoms with Gasteiger partial charge in [-0.2, -0.15) is 0 Å². The van der Waals surface area contributed by atoms with Gasteiger partial charge in [-0.05, 0) is 48.7 Å². The van der Waals surface area contributed by atoms with E-state index in [1.165, 1.54) is 70.6 Å². The maximum absolute atomic E-state index is 2.53. The van der Waals surface area contributed by atoms with Crippen LogP contribution in [0, 0.1) is 5.92 Å². The van der Waals surface area contributed by atoms with Crippen molar-refractivity contribution >= 4 is 7.92 Å². The molecule has 0 aromatic carbocycles. The van der Waals surface area contributed by atoms with Gasteiger partial charge in [0.25, 0.3) is 0 Å². The molecular formula is C19H31P. The Hall–Kier alpha value is -0.0900. The topological polar surface area (TPSA) is 0 Å². The Morgan fingerprint density at radius 2 is 1.45 bits per heavy atom. The third-order valence-electron chi connectivity index (χ3n) is 5.66. The molecule has 0 N–H and O–H groups in total. The zero-order valence-electron chi connectivity index (χ0n) is 13.2. The molecule has 3 aliphatic rings. The van der Waals surface area contributed by atoms with Crippen LogP contribution in [0.25, 0.3) is 0 Å². The van der Waals surface area contributed by atoms with Crippen LogP contribution in [0.15, 0.2) is 23.5 Å². The fraction of sp³-hybridized carbons (Fsp3) is 0.789. The maximum atomic E-state index is 2.53. The van der Waals surface area contributed by atoms with E-state index in [0.29, 0.717) is 0 Å². The quantitative estimate of drug-likeness (QED) is 0.511. The minimum atomic E-state index is 0.155. The van der Waals surface area contributed by atoms with E-state index in [9.17, 15) is 0 Å². The fourth-order valence-corrected chi connectivity index (χ4v) is 8.76. The van der Waals surface area contributed by atoms with Gasteiger partial charge >= 0.3 is 0 Å². The van der Waals surface area contributed by atoms with Crippen LogP contribution in [0.3, 0.4) is 0 Å². The highest BCUT2D eigenvalue weighted by atomic mass is 31.1. The molecule has 0 spiro atoms. The Morgan fingerprint density at radius 3 is 1.95 bits per heavy atom. The zero-order chi connectivity index (χ0) is 13.8. The molecule has 0 amide bonds. The van der Waals surface area contributed by atoms with Crippen molar-refractivity contribution in [1.29, 1.82) is 0 Å². The summed E-state index contributed by atoms with van der Waals surface area (Å²) >= 11 is 0. The van der Waals surface area contributed by atoms with Gasteiger partial charge in [0.1, 0.15) is 0 Å². The minimum absolute atomic E-state index is 0.155. The van der Waals surface area contributed by atoms with Crippen LogP contribution in [-0.2, 0) is 0 Å². The number of hydrogen-bond donors (Lipinski definition) is 0. The molecule has 0 nitrogen and oxygen atoms in total. The van der Waals surface area contributed by atoms with Crippen LogP contribution >= 0.6 is 7.92 Å². The van der Waals surface area contributed by atoms with E-state index in [2.05, 4.69) is 25.2 Å². The molecule has 0 aromatic heterocycles. The lowest BCUT2D eigenvalue weighted by atomic mass is 9.99. The number of allylic oxidation sites excluding steroid dienone is 4. The van der Waals surface area contributed by atoms with Gasteiger partial charge in [-0.1, -0.05) is 71.6 Å². The second-order valence-corrected chi connectivity index (χ2v) is 9.77. The van der Waals surface area contributed by atoms with E-state index in [4.69, 9.17) is 0 Å². The summed E-state index contributed by atoms with van der Waals surface area (Å²) in [4.78, 5) is 0. The molecule has 20 heavy (non-hydrogen) atoms. The van der Waals surface area contributed by atoms with Crippen molar-refractivity contribution in [3.05, 3.63) is 23.5 Å². The molecule has 3 aliphatic carbocycles. The predicted molar refractivity (Wildman–Crippen MR) is 91.7 cm³/mol. The van der Waals surface area contributed by atoms with E-state index >= 15 is 0 Å². The normalized spacial score (nSPS) is 29.1. The molecule has 2 saturated carbocycles. The Kier molecular flexibility index (Phi) is 5.38. The van der Waals surface area contributed by atoms with Crippen molar-refractivity contribution in [2.75, 3.05) is 0 Å². The number of hydrogen-bond acceptors (Lipinski definition) is 0. The molecule has 1 heteroatoms. The van der Waals surface area contributed by atoms with Crippen LogP contribution in [0.1, 0.15) is 77.6 Å². The smallest absolute Gasteiger partial charge is 0.00230 e. The second kappa shape index (κ2) is 7.26. The Labute approximate surface area is 126 Å². The standard InChI is InChI=1S/C19H31P/c1-2-16-10-9-15-19(16)20(17-11-5-3-6-12-17)18-13-7-4-8-14-18/h9-10,15-18H,2-8,11-14H2,1H3. The highest BCUT2D eigenvalue weighted by Gasteiger charge is 2.35.